The molecule has 0 radical (unpaired) electrons. The smallest absolute Gasteiger partial charge is 0.323 e. The first kappa shape index (κ1) is 41.1. The summed E-state index contributed by atoms with van der Waals surface area (Å²) in [6.07, 6.45) is 0. The third kappa shape index (κ3) is 9.12. The van der Waals surface area contributed by atoms with Gasteiger partial charge in [-0.3, -0.25) is 40.4 Å². The van der Waals surface area contributed by atoms with Gasteiger partial charge in [-0.05, 0) is 0 Å². The fraction of sp³-hybridized carbons (Fsp3) is 0.455. The van der Waals surface area contributed by atoms with E-state index in [0.29, 0.717) is 0 Å². The van der Waals surface area contributed by atoms with E-state index in [1.165, 1.54) is 0 Å². The summed E-state index contributed by atoms with van der Waals surface area (Å²) in [5.74, 6) is -3.93. The number of carbonyl (C=O) groups is 12. The van der Waals surface area contributed by atoms with Crippen molar-refractivity contribution in [2.24, 2.45) is 0 Å². The van der Waals surface area contributed by atoms with Gasteiger partial charge in [0.1, 0.15) is 0 Å². The quantitative estimate of drug-likeness (QED) is 0.0646. The first-order chi connectivity index (χ1) is 25.3. The molecule has 0 bridgehead atoms. The number of nitrogens with one attached hydrogen (secondary N) is 16. The molecule has 4 saturated heterocycles. The minimum Gasteiger partial charge on any atom is -0.391 e. The van der Waals surface area contributed by atoms with Crippen molar-refractivity contribution >= 4 is 71.9 Å². The van der Waals surface area contributed by atoms with Crippen molar-refractivity contribution in [3.05, 3.63) is 0 Å². The van der Waals surface area contributed by atoms with Gasteiger partial charge in [0.25, 0.3) is 23.6 Å². The van der Waals surface area contributed by atoms with Crippen LogP contribution in [-0.4, -0.2) is 155 Å². The van der Waals surface area contributed by atoms with E-state index in [1.54, 1.807) is 0 Å². The van der Waals surface area contributed by atoms with Crippen molar-refractivity contribution < 1.29 is 78.0 Å². The number of rotatable bonds is 12. The molecule has 0 aliphatic carbocycles. The fourth-order valence-corrected chi connectivity index (χ4v) is 4.28. The standard InChI is InChI=1S/2C11H16N8O8/c2*20-1-10(4(22)14-8(26)18-10)16-6(24)12-3-13-7(25)17-11(2-21)5(23)15-9(27)19-11/h2*20-21H,1-3H2,(H2,12,16,24)(H2,13,17,25)(H2,14,18,22,26)(H2,15,19,23,27). The van der Waals surface area contributed by atoms with Crippen molar-refractivity contribution in [2.45, 2.75) is 22.7 Å². The topological polar surface area (TPSA) is 478 Å². The van der Waals surface area contributed by atoms with Crippen molar-refractivity contribution in [1.29, 1.82) is 0 Å². The highest BCUT2D eigenvalue weighted by Crippen LogP contribution is 2.08. The Morgan fingerprint density at radius 3 is 0.704 bits per heavy atom. The molecule has 4 aliphatic rings. The van der Waals surface area contributed by atoms with E-state index < -0.39 is 134 Å². The van der Waals surface area contributed by atoms with Gasteiger partial charge in [0.15, 0.2) is 0 Å². The lowest BCUT2D eigenvalue weighted by Crippen LogP contribution is -2.66. The summed E-state index contributed by atoms with van der Waals surface area (Å²) in [5, 5.41) is 68.9. The van der Waals surface area contributed by atoms with E-state index >= 15 is 0 Å². The zero-order valence-corrected chi connectivity index (χ0v) is 26.9. The SMILES string of the molecule is O=C(NCNC(=O)NC1(CO)NC(=O)NC1=O)NC1(CO)NC(=O)NC1=O.O=C(NCNC(=O)NC1(CO)NC(=O)NC1=O)NC1(CO)NC(=O)NC1=O. The predicted molar refractivity (Wildman–Crippen MR) is 162 cm³/mol. The van der Waals surface area contributed by atoms with E-state index in [0.717, 1.165) is 0 Å². The maximum atomic E-state index is 11.8. The van der Waals surface area contributed by atoms with Crippen LogP contribution < -0.4 is 85.1 Å². The normalized spacial score (nSPS) is 26.4. The van der Waals surface area contributed by atoms with Crippen LogP contribution in [0, 0.1) is 0 Å². The van der Waals surface area contributed by atoms with E-state index in [1.807, 2.05) is 63.8 Å². The number of carbonyl (C=O) groups excluding carboxylic acids is 12. The van der Waals surface area contributed by atoms with Crippen LogP contribution in [0.25, 0.3) is 0 Å². The highest BCUT2D eigenvalue weighted by molar-refractivity contribution is 6.10. The Morgan fingerprint density at radius 1 is 0.389 bits per heavy atom. The molecule has 4 unspecified atom stereocenters. The van der Waals surface area contributed by atoms with Crippen LogP contribution in [0.3, 0.4) is 0 Å². The summed E-state index contributed by atoms with van der Waals surface area (Å²) in [5.41, 5.74) is -8.24. The molecule has 0 aromatic rings. The summed E-state index contributed by atoms with van der Waals surface area (Å²) >= 11 is 0. The molecule has 4 heterocycles. The Kier molecular flexibility index (Phi) is 12.4. The largest absolute Gasteiger partial charge is 0.391 e. The van der Waals surface area contributed by atoms with E-state index in [9.17, 15) is 78.0 Å². The lowest BCUT2D eigenvalue weighted by molar-refractivity contribution is -0.127. The van der Waals surface area contributed by atoms with E-state index in [4.69, 9.17) is 0 Å². The highest BCUT2D eigenvalue weighted by atomic mass is 16.3. The van der Waals surface area contributed by atoms with Crippen molar-refractivity contribution in [2.75, 3.05) is 39.8 Å². The summed E-state index contributed by atoms with van der Waals surface area (Å²) in [6, 6.07) is -7.82. The Hall–Kier alpha value is -7.32. The molecule has 0 saturated carbocycles. The van der Waals surface area contributed by atoms with Gasteiger partial charge in [0.05, 0.1) is 39.8 Å². The first-order valence-corrected chi connectivity index (χ1v) is 14.5. The lowest BCUT2D eigenvalue weighted by atomic mass is 10.2. The molecule has 0 aromatic heterocycles. The van der Waals surface area contributed by atoms with Gasteiger partial charge in [-0.15, -0.1) is 0 Å². The molecule has 54 heavy (non-hydrogen) atoms. The van der Waals surface area contributed by atoms with Crippen LogP contribution in [0.15, 0.2) is 0 Å². The second-order valence-corrected chi connectivity index (χ2v) is 10.8. The minimum absolute atomic E-state index is 0.522. The van der Waals surface area contributed by atoms with Gasteiger partial charge in [-0.1, -0.05) is 0 Å². The molecule has 4 fully saturated rings. The lowest BCUT2D eigenvalue weighted by Gasteiger charge is -2.26. The summed E-state index contributed by atoms with van der Waals surface area (Å²) in [7, 11) is 0. The maximum absolute atomic E-state index is 11.8. The van der Waals surface area contributed by atoms with E-state index in [-0.39, 0.29) is 0 Å². The van der Waals surface area contributed by atoms with Gasteiger partial charge in [-0.25, -0.2) is 38.4 Å². The Morgan fingerprint density at radius 2 is 0.574 bits per heavy atom. The van der Waals surface area contributed by atoms with Crippen molar-refractivity contribution in [1.82, 2.24) is 85.1 Å². The molecule has 20 N–H and O–H groups in total. The van der Waals surface area contributed by atoms with E-state index in [2.05, 4.69) is 21.3 Å². The third-order valence-corrected chi connectivity index (χ3v) is 7.02. The summed E-state index contributed by atoms with van der Waals surface area (Å²) in [6.45, 7) is -4.77. The van der Waals surface area contributed by atoms with Gasteiger partial charge in [-0.2, -0.15) is 0 Å². The Balaban J connectivity index is 0.000000290. The van der Waals surface area contributed by atoms with Gasteiger partial charge >= 0.3 is 48.2 Å². The predicted octanol–water partition coefficient (Wildman–Crippen LogP) is -10.8. The third-order valence-electron chi connectivity index (χ3n) is 7.02. The van der Waals surface area contributed by atoms with Crippen LogP contribution in [0.2, 0.25) is 0 Å². The van der Waals surface area contributed by atoms with Crippen LogP contribution in [-0.2, 0) is 19.2 Å². The average molecular weight is 777 g/mol. The van der Waals surface area contributed by atoms with Gasteiger partial charge < -0.3 is 84.2 Å². The number of urea groups is 8. The molecule has 296 valence electrons. The number of aliphatic hydroxyl groups is 4. The summed E-state index contributed by atoms with van der Waals surface area (Å²) < 4.78 is 0. The minimum atomic E-state index is -2.06. The molecular formula is C22H32N16O16. The zero-order valence-electron chi connectivity index (χ0n) is 26.9. The number of amides is 20. The highest BCUT2D eigenvalue weighted by Gasteiger charge is 2.50. The van der Waals surface area contributed by atoms with Crippen LogP contribution in [0.4, 0.5) is 38.4 Å². The molecule has 4 atom stereocenters. The Labute approximate surface area is 297 Å². The molecule has 20 amide bonds. The number of imide groups is 4. The second kappa shape index (κ2) is 16.4. The average Bonchev–Trinajstić information content (AvgIpc) is 3.75. The molecule has 0 aromatic carbocycles. The molecule has 32 nitrogen and oxygen atoms in total. The molecule has 4 rings (SSSR count). The van der Waals surface area contributed by atoms with Crippen LogP contribution in [0.5, 0.6) is 0 Å². The molecule has 4 aliphatic heterocycles. The monoisotopic (exact) mass is 776 g/mol. The summed E-state index contributed by atoms with van der Waals surface area (Å²) in [4.78, 5) is 138. The van der Waals surface area contributed by atoms with Crippen LogP contribution >= 0.6 is 0 Å². The molecular weight excluding hydrogens is 744 g/mol. The first-order valence-electron chi connectivity index (χ1n) is 14.5. The number of hydrogen-bond donors (Lipinski definition) is 20. The molecule has 0 spiro atoms. The van der Waals surface area contributed by atoms with Crippen molar-refractivity contribution in [3.8, 4) is 0 Å². The van der Waals surface area contributed by atoms with Crippen molar-refractivity contribution in [3.63, 3.8) is 0 Å². The molecule has 32 heteroatoms. The Bertz CT molecular complexity index is 1430. The zero-order chi connectivity index (χ0) is 40.5. The van der Waals surface area contributed by atoms with Crippen LogP contribution in [0.1, 0.15) is 0 Å². The fourth-order valence-electron chi connectivity index (χ4n) is 4.28. The second-order valence-electron chi connectivity index (χ2n) is 10.8. The van der Waals surface area contributed by atoms with Gasteiger partial charge in [0, 0.05) is 0 Å². The van der Waals surface area contributed by atoms with Gasteiger partial charge in [0.2, 0.25) is 22.7 Å². The maximum Gasteiger partial charge on any atom is 0.323 e. The number of aliphatic hydroxyl groups excluding tert-OH is 4. The number of hydrogen-bond acceptors (Lipinski definition) is 16.